The fraction of sp³-hybridized carbons (Fsp3) is 0.577. The molecule has 2 bridgehead atoms. The van der Waals surface area contributed by atoms with E-state index in [0.29, 0.717) is 24.8 Å². The van der Waals surface area contributed by atoms with Crippen molar-refractivity contribution in [3.8, 4) is 0 Å². The number of Topliss-reactive ketones (excluding diaryl/α,β-unsaturated/α-hetero) is 2. The number of rotatable bonds is 2. The van der Waals surface area contributed by atoms with Crippen molar-refractivity contribution in [1.82, 2.24) is 0 Å². The first-order valence-corrected chi connectivity index (χ1v) is 11.4. The predicted molar refractivity (Wildman–Crippen MR) is 114 cm³/mol. The summed E-state index contributed by atoms with van der Waals surface area (Å²) in [6.07, 6.45) is 3.18. The Morgan fingerprint density at radius 3 is 2.61 bits per heavy atom. The van der Waals surface area contributed by atoms with Crippen molar-refractivity contribution < 1.29 is 24.2 Å². The molecule has 0 heterocycles. The van der Waals surface area contributed by atoms with Crippen LogP contribution in [0, 0.1) is 34.5 Å². The SMILES string of the molecule is CC1=C[C@]23C(=O)[C@H]1C(=O)C[C@H]2[C@]1(C)CC[C@H](OC(=O)c2ccccc2)[C@H](C)[C@H]1C[C@@H]3O. The number of esters is 1. The number of carbonyl (C=O) groups is 3. The number of allylic oxidation sites excluding steroid dienone is 1. The molecule has 0 aromatic heterocycles. The van der Waals surface area contributed by atoms with Gasteiger partial charge in [-0.1, -0.05) is 43.7 Å². The fourth-order valence-corrected chi connectivity index (χ4v) is 7.48. The predicted octanol–water partition coefficient (Wildman–Crippen LogP) is 3.75. The summed E-state index contributed by atoms with van der Waals surface area (Å²) >= 11 is 0. The van der Waals surface area contributed by atoms with Gasteiger partial charge in [0.15, 0.2) is 5.78 Å². The monoisotopic (exact) mass is 422 g/mol. The van der Waals surface area contributed by atoms with Gasteiger partial charge in [-0.3, -0.25) is 9.59 Å². The number of fused-ring (bicyclic) bond motifs is 3. The second-order valence-electron chi connectivity index (χ2n) is 10.4. The first kappa shape index (κ1) is 20.6. The van der Waals surface area contributed by atoms with Crippen molar-refractivity contribution in [2.75, 3.05) is 0 Å². The number of aliphatic hydroxyl groups is 1. The minimum Gasteiger partial charge on any atom is -0.458 e. The number of benzene rings is 1. The highest BCUT2D eigenvalue weighted by Gasteiger charge is 2.70. The van der Waals surface area contributed by atoms with Gasteiger partial charge in [-0.05, 0) is 61.5 Å². The van der Waals surface area contributed by atoms with E-state index in [2.05, 4.69) is 13.8 Å². The molecule has 31 heavy (non-hydrogen) atoms. The first-order chi connectivity index (χ1) is 14.7. The van der Waals surface area contributed by atoms with Gasteiger partial charge in [0.1, 0.15) is 11.9 Å². The Bertz CT molecular complexity index is 981. The maximum atomic E-state index is 13.3. The molecule has 5 rings (SSSR count). The summed E-state index contributed by atoms with van der Waals surface area (Å²) in [5.41, 5.74) is 0.149. The van der Waals surface area contributed by atoms with Gasteiger partial charge in [0.25, 0.3) is 0 Å². The van der Waals surface area contributed by atoms with Crippen LogP contribution in [0.4, 0.5) is 0 Å². The highest BCUT2D eigenvalue weighted by molar-refractivity contribution is 6.13. The Morgan fingerprint density at radius 1 is 1.19 bits per heavy atom. The maximum Gasteiger partial charge on any atom is 0.338 e. The van der Waals surface area contributed by atoms with Crippen LogP contribution in [0.3, 0.4) is 0 Å². The van der Waals surface area contributed by atoms with Crippen molar-refractivity contribution in [2.24, 2.45) is 34.5 Å². The maximum absolute atomic E-state index is 13.3. The van der Waals surface area contributed by atoms with Crippen LogP contribution in [-0.4, -0.2) is 34.9 Å². The van der Waals surface area contributed by atoms with Crippen LogP contribution in [-0.2, 0) is 14.3 Å². The van der Waals surface area contributed by atoms with E-state index in [0.717, 1.165) is 12.0 Å². The molecule has 3 fully saturated rings. The largest absolute Gasteiger partial charge is 0.458 e. The van der Waals surface area contributed by atoms with Gasteiger partial charge in [0.2, 0.25) is 0 Å². The topological polar surface area (TPSA) is 80.7 Å². The second-order valence-corrected chi connectivity index (χ2v) is 10.4. The molecule has 8 atom stereocenters. The quantitative estimate of drug-likeness (QED) is 0.446. The van der Waals surface area contributed by atoms with E-state index in [-0.39, 0.29) is 46.8 Å². The number of carbonyl (C=O) groups excluding carboxylic acids is 3. The lowest BCUT2D eigenvalue weighted by Crippen LogP contribution is -2.65. The summed E-state index contributed by atoms with van der Waals surface area (Å²) in [5.74, 6) is -1.17. The minimum absolute atomic E-state index is 0.00349. The van der Waals surface area contributed by atoms with Gasteiger partial charge >= 0.3 is 5.97 Å². The van der Waals surface area contributed by atoms with Crippen molar-refractivity contribution in [3.63, 3.8) is 0 Å². The number of aliphatic hydroxyl groups excluding tert-OH is 1. The summed E-state index contributed by atoms with van der Waals surface area (Å²) in [7, 11) is 0. The zero-order valence-corrected chi connectivity index (χ0v) is 18.3. The van der Waals surface area contributed by atoms with Gasteiger partial charge in [0.05, 0.1) is 23.0 Å². The number of hydrogen-bond acceptors (Lipinski definition) is 5. The standard InChI is InChI=1S/C26H30O5/c1-14-13-26-20(12-18(27)22(14)23(26)29)25(3)10-9-19(15(2)17(25)11-21(26)28)31-24(30)16-7-5-4-6-8-16/h4-8,13,15,17,19-22,28H,9-12H2,1-3H3/t15-,17-,19+,20+,21+,22-,25-,26+/m1/s1. The van der Waals surface area contributed by atoms with Gasteiger partial charge in [-0.25, -0.2) is 4.79 Å². The molecule has 1 aromatic carbocycles. The van der Waals surface area contributed by atoms with Crippen molar-refractivity contribution >= 4 is 17.5 Å². The van der Waals surface area contributed by atoms with Gasteiger partial charge in [-0.15, -0.1) is 0 Å². The summed E-state index contributed by atoms with van der Waals surface area (Å²) in [5, 5.41) is 11.3. The van der Waals surface area contributed by atoms with Gasteiger partial charge in [0, 0.05) is 6.42 Å². The summed E-state index contributed by atoms with van der Waals surface area (Å²) in [4.78, 5) is 38.9. The van der Waals surface area contributed by atoms with Crippen LogP contribution in [0.5, 0.6) is 0 Å². The highest BCUT2D eigenvalue weighted by Crippen LogP contribution is 2.67. The molecule has 0 radical (unpaired) electrons. The van der Waals surface area contributed by atoms with Crippen LogP contribution in [0.2, 0.25) is 0 Å². The lowest BCUT2D eigenvalue weighted by Gasteiger charge is -2.62. The minimum atomic E-state index is -0.929. The number of ketones is 2. The van der Waals surface area contributed by atoms with E-state index in [1.54, 1.807) is 12.1 Å². The summed E-state index contributed by atoms with van der Waals surface area (Å²) in [6.45, 7) is 6.12. The normalized spacial score (nSPS) is 43.7. The molecule has 4 aliphatic rings. The Labute approximate surface area is 182 Å². The third-order valence-corrected chi connectivity index (χ3v) is 9.04. The lowest BCUT2D eigenvalue weighted by molar-refractivity contribution is -0.188. The van der Waals surface area contributed by atoms with E-state index in [1.165, 1.54) is 0 Å². The molecular formula is C26H30O5. The molecule has 164 valence electrons. The smallest absolute Gasteiger partial charge is 0.338 e. The van der Waals surface area contributed by atoms with Crippen molar-refractivity contribution in [2.45, 2.75) is 58.7 Å². The molecule has 0 unspecified atom stereocenters. The third-order valence-electron chi connectivity index (χ3n) is 9.04. The zero-order chi connectivity index (χ0) is 22.1. The Morgan fingerprint density at radius 2 is 1.90 bits per heavy atom. The summed E-state index contributed by atoms with van der Waals surface area (Å²) < 4.78 is 5.91. The average Bonchev–Trinajstić information content (AvgIpc) is 2.93. The van der Waals surface area contributed by atoms with Crippen LogP contribution >= 0.6 is 0 Å². The van der Waals surface area contributed by atoms with Crippen LogP contribution in [0.1, 0.15) is 56.8 Å². The molecule has 1 N–H and O–H groups in total. The van der Waals surface area contributed by atoms with E-state index in [4.69, 9.17) is 4.74 Å². The second kappa shape index (κ2) is 6.86. The molecule has 3 saturated carbocycles. The molecular weight excluding hydrogens is 392 g/mol. The third kappa shape index (κ3) is 2.68. The molecule has 0 saturated heterocycles. The Kier molecular flexibility index (Phi) is 4.57. The Balaban J connectivity index is 1.44. The molecule has 1 spiro atoms. The fourth-order valence-electron chi connectivity index (χ4n) is 7.48. The summed E-state index contributed by atoms with van der Waals surface area (Å²) in [6, 6.07) is 8.99. The molecule has 5 nitrogen and oxygen atoms in total. The van der Waals surface area contributed by atoms with E-state index in [9.17, 15) is 19.5 Å². The van der Waals surface area contributed by atoms with Crippen molar-refractivity contribution in [3.05, 3.63) is 47.5 Å². The zero-order valence-electron chi connectivity index (χ0n) is 18.3. The van der Waals surface area contributed by atoms with E-state index in [1.807, 2.05) is 31.2 Å². The number of hydrogen-bond donors (Lipinski definition) is 1. The molecule has 5 heteroatoms. The van der Waals surface area contributed by atoms with Crippen LogP contribution in [0.15, 0.2) is 42.0 Å². The van der Waals surface area contributed by atoms with E-state index >= 15 is 0 Å². The average molecular weight is 423 g/mol. The molecule has 0 aliphatic heterocycles. The van der Waals surface area contributed by atoms with Gasteiger partial charge in [-0.2, -0.15) is 0 Å². The highest BCUT2D eigenvalue weighted by atomic mass is 16.5. The van der Waals surface area contributed by atoms with Gasteiger partial charge < -0.3 is 9.84 Å². The van der Waals surface area contributed by atoms with Crippen molar-refractivity contribution in [1.29, 1.82) is 0 Å². The number of ether oxygens (including phenoxy) is 1. The molecule has 4 aliphatic carbocycles. The lowest BCUT2D eigenvalue weighted by atomic mass is 9.42. The van der Waals surface area contributed by atoms with Crippen LogP contribution in [0.25, 0.3) is 0 Å². The molecule has 1 aromatic rings. The molecule has 0 amide bonds. The van der Waals surface area contributed by atoms with Crippen LogP contribution < -0.4 is 0 Å². The first-order valence-electron chi connectivity index (χ1n) is 11.4. The van der Waals surface area contributed by atoms with E-state index < -0.39 is 17.4 Å². The Hall–Kier alpha value is -2.27.